The topological polar surface area (TPSA) is 42.1 Å². The quantitative estimate of drug-likeness (QED) is 0.834. The lowest BCUT2D eigenvalue weighted by molar-refractivity contribution is 0.549. The fourth-order valence-corrected chi connectivity index (χ4v) is 2.74. The van der Waals surface area contributed by atoms with Gasteiger partial charge in [0.2, 0.25) is 0 Å². The molecule has 1 fully saturated rings. The van der Waals surface area contributed by atoms with Crippen molar-refractivity contribution in [1.82, 2.24) is 4.98 Å². The van der Waals surface area contributed by atoms with Gasteiger partial charge in [0, 0.05) is 25.3 Å². The molecule has 1 atom stereocenters. The number of hydrogen-bond acceptors (Lipinski definition) is 3. The number of nitrogens with two attached hydrogens (primary N) is 1. The first-order valence-corrected chi connectivity index (χ1v) is 7.13. The van der Waals surface area contributed by atoms with Crippen LogP contribution in [0.2, 0.25) is 0 Å². The summed E-state index contributed by atoms with van der Waals surface area (Å²) in [6.07, 6.45) is 9.93. The van der Waals surface area contributed by atoms with Gasteiger partial charge in [-0.2, -0.15) is 0 Å². The summed E-state index contributed by atoms with van der Waals surface area (Å²) < 4.78 is 0. The molecule has 1 aliphatic rings. The highest BCUT2D eigenvalue weighted by molar-refractivity contribution is 5.42. The summed E-state index contributed by atoms with van der Waals surface area (Å²) >= 11 is 0. The molecule has 2 N–H and O–H groups in total. The molecule has 0 amide bonds. The van der Waals surface area contributed by atoms with Crippen molar-refractivity contribution in [2.24, 2.45) is 5.73 Å². The molecule has 1 saturated carbocycles. The zero-order valence-electron chi connectivity index (χ0n) is 11.6. The van der Waals surface area contributed by atoms with Gasteiger partial charge in [-0.3, -0.25) is 0 Å². The highest BCUT2D eigenvalue weighted by Gasteiger charge is 2.18. The molecule has 0 radical (unpaired) electrons. The fraction of sp³-hybridized carbons (Fsp3) is 0.667. The van der Waals surface area contributed by atoms with Crippen LogP contribution in [0.4, 0.5) is 5.82 Å². The number of nitrogens with zero attached hydrogens (tertiary/aromatic N) is 2. The molecule has 1 heterocycles. The molecule has 1 aromatic heterocycles. The molecule has 0 saturated heterocycles. The lowest BCUT2D eigenvalue weighted by Crippen LogP contribution is -2.31. The van der Waals surface area contributed by atoms with Crippen LogP contribution in [0.5, 0.6) is 0 Å². The second-order valence-corrected chi connectivity index (χ2v) is 5.49. The smallest absolute Gasteiger partial charge is 0.128 e. The van der Waals surface area contributed by atoms with E-state index in [0.29, 0.717) is 6.04 Å². The van der Waals surface area contributed by atoms with Crippen molar-refractivity contribution in [2.75, 3.05) is 11.9 Å². The molecule has 1 aliphatic carbocycles. The third-order valence-electron chi connectivity index (χ3n) is 4.03. The Labute approximate surface area is 110 Å². The Kier molecular flexibility index (Phi) is 4.59. The maximum absolute atomic E-state index is 5.94. The third kappa shape index (κ3) is 3.22. The molecule has 0 spiro atoms. The predicted octanol–water partition coefficient (Wildman–Crippen LogP) is 3.26. The number of hydrogen-bond donors (Lipinski definition) is 1. The highest BCUT2D eigenvalue weighted by atomic mass is 15.2. The Bertz CT molecular complexity index is 368. The Hall–Kier alpha value is -1.09. The number of anilines is 1. The first-order valence-electron chi connectivity index (χ1n) is 7.13. The van der Waals surface area contributed by atoms with Crippen LogP contribution in [0, 0.1) is 0 Å². The van der Waals surface area contributed by atoms with Crippen molar-refractivity contribution in [3.63, 3.8) is 0 Å². The van der Waals surface area contributed by atoms with Gasteiger partial charge in [-0.05, 0) is 37.5 Å². The number of aromatic nitrogens is 1. The van der Waals surface area contributed by atoms with E-state index in [0.717, 1.165) is 5.82 Å². The van der Waals surface area contributed by atoms with E-state index in [9.17, 15) is 0 Å². The van der Waals surface area contributed by atoms with Crippen LogP contribution in [-0.2, 0) is 0 Å². The zero-order chi connectivity index (χ0) is 13.0. The summed E-state index contributed by atoms with van der Waals surface area (Å²) in [7, 11) is 2.17. The Balaban J connectivity index is 2.11. The summed E-state index contributed by atoms with van der Waals surface area (Å²) in [5.41, 5.74) is 7.11. The van der Waals surface area contributed by atoms with Gasteiger partial charge in [-0.1, -0.05) is 25.7 Å². The first kappa shape index (κ1) is 13.3. The Morgan fingerprint density at radius 1 is 1.28 bits per heavy atom. The molecule has 0 unspecified atom stereocenters. The second kappa shape index (κ2) is 6.19. The van der Waals surface area contributed by atoms with Gasteiger partial charge in [0.15, 0.2) is 0 Å². The Morgan fingerprint density at radius 3 is 2.56 bits per heavy atom. The number of pyridine rings is 1. The number of rotatable bonds is 3. The molecule has 0 bridgehead atoms. The fourth-order valence-electron chi connectivity index (χ4n) is 2.74. The third-order valence-corrected chi connectivity index (χ3v) is 4.03. The molecular formula is C15H25N3. The summed E-state index contributed by atoms with van der Waals surface area (Å²) in [6, 6.07) is 4.86. The van der Waals surface area contributed by atoms with Gasteiger partial charge in [0.1, 0.15) is 5.82 Å². The van der Waals surface area contributed by atoms with Crippen LogP contribution in [0.1, 0.15) is 57.1 Å². The molecule has 2 rings (SSSR count). The van der Waals surface area contributed by atoms with Crippen LogP contribution >= 0.6 is 0 Å². The van der Waals surface area contributed by atoms with Gasteiger partial charge in [0.05, 0.1) is 0 Å². The van der Waals surface area contributed by atoms with E-state index >= 15 is 0 Å². The molecule has 18 heavy (non-hydrogen) atoms. The minimum Gasteiger partial charge on any atom is -0.357 e. The van der Waals surface area contributed by atoms with Crippen molar-refractivity contribution in [1.29, 1.82) is 0 Å². The highest BCUT2D eigenvalue weighted by Crippen LogP contribution is 2.25. The lowest BCUT2D eigenvalue weighted by atomic mass is 10.1. The van der Waals surface area contributed by atoms with Crippen molar-refractivity contribution in [3.8, 4) is 0 Å². The van der Waals surface area contributed by atoms with Crippen molar-refractivity contribution in [3.05, 3.63) is 23.9 Å². The van der Waals surface area contributed by atoms with Crippen LogP contribution in [0.25, 0.3) is 0 Å². The van der Waals surface area contributed by atoms with Gasteiger partial charge in [-0.15, -0.1) is 0 Å². The van der Waals surface area contributed by atoms with E-state index in [2.05, 4.69) is 23.0 Å². The molecule has 1 aromatic rings. The van der Waals surface area contributed by atoms with Crippen molar-refractivity contribution >= 4 is 5.82 Å². The largest absolute Gasteiger partial charge is 0.357 e. The first-order chi connectivity index (χ1) is 8.68. The summed E-state index contributed by atoms with van der Waals surface area (Å²) in [6.45, 7) is 2.02. The maximum atomic E-state index is 5.94. The van der Waals surface area contributed by atoms with Crippen LogP contribution in [0.15, 0.2) is 18.3 Å². The summed E-state index contributed by atoms with van der Waals surface area (Å²) in [4.78, 5) is 6.84. The summed E-state index contributed by atoms with van der Waals surface area (Å²) in [5, 5.41) is 0. The molecular weight excluding hydrogens is 222 g/mol. The van der Waals surface area contributed by atoms with Crippen molar-refractivity contribution in [2.45, 2.75) is 57.5 Å². The molecule has 0 aliphatic heterocycles. The average molecular weight is 247 g/mol. The van der Waals surface area contributed by atoms with E-state index in [-0.39, 0.29) is 6.04 Å². The van der Waals surface area contributed by atoms with Crippen molar-refractivity contribution < 1.29 is 0 Å². The average Bonchev–Trinajstić information content (AvgIpc) is 2.67. The van der Waals surface area contributed by atoms with E-state index in [1.807, 2.05) is 19.2 Å². The molecule has 3 nitrogen and oxygen atoms in total. The normalized spacial score (nSPS) is 19.3. The standard InChI is InChI=1S/C15H25N3/c1-12(16)13-9-10-17-15(11-13)18(2)14-7-5-3-4-6-8-14/h9-12,14H,3-8,16H2,1-2H3/t12-/m1/s1. The zero-order valence-corrected chi connectivity index (χ0v) is 11.6. The minimum absolute atomic E-state index is 0.0780. The van der Waals surface area contributed by atoms with Gasteiger partial charge >= 0.3 is 0 Å². The van der Waals surface area contributed by atoms with Gasteiger partial charge < -0.3 is 10.6 Å². The molecule has 100 valence electrons. The van der Waals surface area contributed by atoms with E-state index in [1.54, 1.807) is 0 Å². The minimum atomic E-state index is 0.0780. The van der Waals surface area contributed by atoms with Gasteiger partial charge in [-0.25, -0.2) is 4.98 Å². The van der Waals surface area contributed by atoms with E-state index in [4.69, 9.17) is 5.73 Å². The second-order valence-electron chi connectivity index (χ2n) is 5.49. The Morgan fingerprint density at radius 2 is 1.94 bits per heavy atom. The molecule has 0 aromatic carbocycles. The van der Waals surface area contributed by atoms with Crippen LogP contribution in [-0.4, -0.2) is 18.1 Å². The van der Waals surface area contributed by atoms with Crippen LogP contribution < -0.4 is 10.6 Å². The predicted molar refractivity (Wildman–Crippen MR) is 76.7 cm³/mol. The van der Waals surface area contributed by atoms with Crippen LogP contribution in [0.3, 0.4) is 0 Å². The lowest BCUT2D eigenvalue weighted by Gasteiger charge is -2.28. The van der Waals surface area contributed by atoms with Gasteiger partial charge in [0.25, 0.3) is 0 Å². The SMILES string of the molecule is C[C@@H](N)c1ccnc(N(C)C2CCCCCC2)c1. The van der Waals surface area contributed by atoms with E-state index in [1.165, 1.54) is 44.1 Å². The summed E-state index contributed by atoms with van der Waals surface area (Å²) in [5.74, 6) is 1.07. The maximum Gasteiger partial charge on any atom is 0.128 e. The monoisotopic (exact) mass is 247 g/mol. The van der Waals surface area contributed by atoms with E-state index < -0.39 is 0 Å². The molecule has 3 heteroatoms.